The van der Waals surface area contributed by atoms with Crippen LogP contribution in [0.1, 0.15) is 33.6 Å². The fourth-order valence-corrected chi connectivity index (χ4v) is 1.89. The van der Waals surface area contributed by atoms with Crippen molar-refractivity contribution in [3.8, 4) is 0 Å². The van der Waals surface area contributed by atoms with Crippen molar-refractivity contribution in [1.29, 1.82) is 0 Å². The molecule has 0 saturated carbocycles. The van der Waals surface area contributed by atoms with Gasteiger partial charge in [0.05, 0.1) is 12.2 Å². The van der Waals surface area contributed by atoms with E-state index in [1.807, 2.05) is 0 Å². The fraction of sp³-hybridized carbons (Fsp3) is 1.00. The van der Waals surface area contributed by atoms with E-state index in [4.69, 9.17) is 0 Å². The van der Waals surface area contributed by atoms with Crippen molar-refractivity contribution in [1.82, 2.24) is 10.2 Å². The molecule has 0 radical (unpaired) electrons. The predicted molar refractivity (Wildman–Crippen MR) is 65.4 cm³/mol. The lowest BCUT2D eigenvalue weighted by molar-refractivity contribution is 0.0493. The van der Waals surface area contributed by atoms with Crippen molar-refractivity contribution in [3.63, 3.8) is 0 Å². The van der Waals surface area contributed by atoms with Gasteiger partial charge < -0.3 is 20.4 Å². The van der Waals surface area contributed by atoms with Crippen LogP contribution in [0.4, 0.5) is 0 Å². The second-order valence-electron chi connectivity index (χ2n) is 5.82. The SMILES string of the molecule is CC(C)(C)NCC(O)CN1CCC(O)CC1. The number of β-amino-alcohol motifs (C(OH)–C–C–N with tert-alkyl or cyclic N) is 1. The van der Waals surface area contributed by atoms with Crippen LogP contribution < -0.4 is 5.32 Å². The monoisotopic (exact) mass is 230 g/mol. The molecule has 0 aromatic rings. The number of hydrogen-bond acceptors (Lipinski definition) is 4. The second kappa shape index (κ2) is 5.96. The van der Waals surface area contributed by atoms with E-state index in [1.54, 1.807) is 0 Å². The molecule has 16 heavy (non-hydrogen) atoms. The van der Waals surface area contributed by atoms with Crippen molar-refractivity contribution in [2.24, 2.45) is 0 Å². The largest absolute Gasteiger partial charge is 0.393 e. The first-order valence-corrected chi connectivity index (χ1v) is 6.20. The molecule has 1 fully saturated rings. The Balaban J connectivity index is 2.16. The number of aliphatic hydroxyl groups excluding tert-OH is 2. The van der Waals surface area contributed by atoms with Crippen LogP contribution in [0.5, 0.6) is 0 Å². The van der Waals surface area contributed by atoms with Crippen molar-refractivity contribution < 1.29 is 10.2 Å². The minimum absolute atomic E-state index is 0.0546. The minimum Gasteiger partial charge on any atom is -0.393 e. The summed E-state index contributed by atoms with van der Waals surface area (Å²) in [5.41, 5.74) is 0.0546. The van der Waals surface area contributed by atoms with Gasteiger partial charge in [-0.15, -0.1) is 0 Å². The standard InChI is InChI=1S/C12H26N2O2/c1-12(2,3)13-8-11(16)9-14-6-4-10(15)5-7-14/h10-11,13,15-16H,4-9H2,1-3H3. The van der Waals surface area contributed by atoms with Crippen LogP contribution in [-0.2, 0) is 0 Å². The zero-order valence-corrected chi connectivity index (χ0v) is 10.7. The van der Waals surface area contributed by atoms with E-state index in [2.05, 4.69) is 31.0 Å². The summed E-state index contributed by atoms with van der Waals surface area (Å²) in [6, 6.07) is 0. The summed E-state index contributed by atoms with van der Waals surface area (Å²) < 4.78 is 0. The molecule has 1 saturated heterocycles. The number of nitrogens with one attached hydrogen (secondary N) is 1. The Morgan fingerprint density at radius 1 is 1.31 bits per heavy atom. The highest BCUT2D eigenvalue weighted by molar-refractivity contribution is 4.77. The van der Waals surface area contributed by atoms with Crippen molar-refractivity contribution in [2.45, 2.75) is 51.4 Å². The van der Waals surface area contributed by atoms with Gasteiger partial charge in [0.15, 0.2) is 0 Å². The first-order valence-electron chi connectivity index (χ1n) is 6.20. The topological polar surface area (TPSA) is 55.7 Å². The second-order valence-corrected chi connectivity index (χ2v) is 5.82. The van der Waals surface area contributed by atoms with Gasteiger partial charge in [-0.05, 0) is 33.6 Å². The third-order valence-electron chi connectivity index (χ3n) is 2.89. The molecule has 1 aliphatic heterocycles. The van der Waals surface area contributed by atoms with E-state index in [-0.39, 0.29) is 17.7 Å². The van der Waals surface area contributed by atoms with Gasteiger partial charge in [-0.25, -0.2) is 0 Å². The number of aliphatic hydroxyl groups is 2. The van der Waals surface area contributed by atoms with Crippen LogP contribution in [0.2, 0.25) is 0 Å². The van der Waals surface area contributed by atoms with Gasteiger partial charge in [-0.2, -0.15) is 0 Å². The summed E-state index contributed by atoms with van der Waals surface area (Å²) in [5, 5.41) is 22.5. The third-order valence-corrected chi connectivity index (χ3v) is 2.89. The van der Waals surface area contributed by atoms with Crippen molar-refractivity contribution >= 4 is 0 Å². The highest BCUT2D eigenvalue weighted by atomic mass is 16.3. The van der Waals surface area contributed by atoms with Gasteiger partial charge in [-0.1, -0.05) is 0 Å². The molecule has 1 unspecified atom stereocenters. The van der Waals surface area contributed by atoms with Crippen LogP contribution in [0.15, 0.2) is 0 Å². The van der Waals surface area contributed by atoms with Gasteiger partial charge in [-0.3, -0.25) is 0 Å². The maximum Gasteiger partial charge on any atom is 0.0791 e. The molecule has 3 N–H and O–H groups in total. The maximum absolute atomic E-state index is 9.86. The smallest absolute Gasteiger partial charge is 0.0791 e. The Morgan fingerprint density at radius 2 is 1.88 bits per heavy atom. The molecule has 1 rings (SSSR count). The van der Waals surface area contributed by atoms with Gasteiger partial charge in [0.25, 0.3) is 0 Å². The highest BCUT2D eigenvalue weighted by Crippen LogP contribution is 2.10. The fourth-order valence-electron chi connectivity index (χ4n) is 1.89. The lowest BCUT2D eigenvalue weighted by Crippen LogP contribution is -2.46. The van der Waals surface area contributed by atoms with Gasteiger partial charge in [0.2, 0.25) is 0 Å². The highest BCUT2D eigenvalue weighted by Gasteiger charge is 2.20. The molecule has 4 heteroatoms. The molecule has 1 atom stereocenters. The molecule has 4 nitrogen and oxygen atoms in total. The summed E-state index contributed by atoms with van der Waals surface area (Å²) >= 11 is 0. The predicted octanol–water partition coefficient (Wildman–Crippen LogP) is 0.192. The molecule has 1 aliphatic rings. The van der Waals surface area contributed by atoms with Crippen molar-refractivity contribution in [2.75, 3.05) is 26.2 Å². The minimum atomic E-state index is -0.325. The maximum atomic E-state index is 9.86. The third kappa shape index (κ3) is 5.80. The average Bonchev–Trinajstić information content (AvgIpc) is 2.18. The zero-order valence-electron chi connectivity index (χ0n) is 10.7. The lowest BCUT2D eigenvalue weighted by atomic mass is 10.1. The molecular weight excluding hydrogens is 204 g/mol. The summed E-state index contributed by atoms with van der Waals surface area (Å²) in [6.45, 7) is 9.41. The molecule has 0 aromatic carbocycles. The summed E-state index contributed by atoms with van der Waals surface area (Å²) in [5.74, 6) is 0. The quantitative estimate of drug-likeness (QED) is 0.645. The number of nitrogens with zero attached hydrogens (tertiary/aromatic N) is 1. The number of piperidine rings is 1. The number of rotatable bonds is 4. The molecule has 1 heterocycles. The number of hydrogen-bond donors (Lipinski definition) is 3. The Labute approximate surface area is 98.6 Å². The van der Waals surface area contributed by atoms with Gasteiger partial charge in [0.1, 0.15) is 0 Å². The average molecular weight is 230 g/mol. The summed E-state index contributed by atoms with van der Waals surface area (Å²) in [4.78, 5) is 2.22. The van der Waals surface area contributed by atoms with Crippen molar-refractivity contribution in [3.05, 3.63) is 0 Å². The van der Waals surface area contributed by atoms with Gasteiger partial charge >= 0.3 is 0 Å². The van der Waals surface area contributed by atoms with E-state index in [9.17, 15) is 10.2 Å². The summed E-state index contributed by atoms with van der Waals surface area (Å²) in [6.07, 6.45) is 1.20. The Morgan fingerprint density at radius 3 is 2.38 bits per heavy atom. The van der Waals surface area contributed by atoms with Crippen LogP contribution in [-0.4, -0.2) is 59.0 Å². The van der Waals surface area contributed by atoms with Crippen LogP contribution in [0.25, 0.3) is 0 Å². The van der Waals surface area contributed by atoms with E-state index in [1.165, 1.54) is 0 Å². The zero-order chi connectivity index (χ0) is 12.2. The van der Waals surface area contributed by atoms with Crippen LogP contribution in [0.3, 0.4) is 0 Å². The molecular formula is C12H26N2O2. The molecule has 0 aromatic heterocycles. The first-order chi connectivity index (χ1) is 7.37. The van der Waals surface area contributed by atoms with E-state index < -0.39 is 0 Å². The molecule has 96 valence electrons. The van der Waals surface area contributed by atoms with E-state index in [0.29, 0.717) is 13.1 Å². The summed E-state index contributed by atoms with van der Waals surface area (Å²) in [7, 11) is 0. The van der Waals surface area contributed by atoms with E-state index in [0.717, 1.165) is 25.9 Å². The number of likely N-dealkylation sites (tertiary alicyclic amines) is 1. The van der Waals surface area contributed by atoms with E-state index >= 15 is 0 Å². The Hall–Kier alpha value is -0.160. The Bertz CT molecular complexity index is 196. The first kappa shape index (κ1) is 13.9. The molecule has 0 spiro atoms. The molecule has 0 amide bonds. The van der Waals surface area contributed by atoms with Gasteiger partial charge in [0, 0.05) is 31.7 Å². The lowest BCUT2D eigenvalue weighted by Gasteiger charge is -2.32. The molecule has 0 aliphatic carbocycles. The Kier molecular flexibility index (Phi) is 5.18. The van der Waals surface area contributed by atoms with Crippen LogP contribution in [0, 0.1) is 0 Å². The normalized spacial score (nSPS) is 22.3. The molecule has 0 bridgehead atoms. The van der Waals surface area contributed by atoms with Crippen LogP contribution >= 0.6 is 0 Å².